The molecule has 2 aliphatic heterocycles. The first kappa shape index (κ1) is 23.7. The first-order valence-electron chi connectivity index (χ1n) is 11.9. The molecule has 1 saturated heterocycles. The number of methoxy groups -OCH3 is 1. The summed E-state index contributed by atoms with van der Waals surface area (Å²) in [6.45, 7) is 7.18. The molecule has 2 heterocycles. The molecule has 2 atom stereocenters. The van der Waals surface area contributed by atoms with Crippen molar-refractivity contribution in [1.82, 2.24) is 4.90 Å². The number of nitrogens with zero attached hydrogens (tertiary/aromatic N) is 3. The van der Waals surface area contributed by atoms with Gasteiger partial charge in [0.15, 0.2) is 0 Å². The van der Waals surface area contributed by atoms with Gasteiger partial charge in [-0.25, -0.2) is 0 Å². The molecule has 0 N–H and O–H groups in total. The van der Waals surface area contributed by atoms with Gasteiger partial charge in [-0.15, -0.1) is 0 Å². The second-order valence-electron chi connectivity index (χ2n) is 9.42. The molecular weight excluding hydrogens is 426 g/mol. The maximum atomic E-state index is 13.8. The number of aryl methyl sites for hydroxylation is 1. The van der Waals surface area contributed by atoms with E-state index in [1.54, 1.807) is 0 Å². The number of hydrogen-bond acceptors (Lipinski definition) is 5. The molecule has 6 nitrogen and oxygen atoms in total. The zero-order chi connectivity index (χ0) is 24.2. The van der Waals surface area contributed by atoms with Crippen LogP contribution in [0.5, 0.6) is 0 Å². The zero-order valence-electron chi connectivity index (χ0n) is 20.4. The Morgan fingerprint density at radius 1 is 1.09 bits per heavy atom. The molecule has 2 aromatic carbocycles. The van der Waals surface area contributed by atoms with Crippen molar-refractivity contribution in [2.75, 3.05) is 25.2 Å². The molecule has 0 aliphatic carbocycles. The number of carbonyl (C=O) groups excluding carboxylic acids is 2. The van der Waals surface area contributed by atoms with E-state index in [4.69, 9.17) is 9.73 Å². The van der Waals surface area contributed by atoms with E-state index in [1.807, 2.05) is 36.9 Å². The number of carbonyl (C=O) groups is 2. The minimum Gasteiger partial charge on any atom is -0.469 e. The monoisotopic (exact) mass is 459 g/mol. The average Bonchev–Trinajstić information content (AvgIpc) is 3.50. The van der Waals surface area contributed by atoms with Crippen molar-refractivity contribution in [3.63, 3.8) is 0 Å². The minimum atomic E-state index is -0.433. The highest BCUT2D eigenvalue weighted by Crippen LogP contribution is 2.31. The summed E-state index contributed by atoms with van der Waals surface area (Å²) in [4.78, 5) is 34.9. The van der Waals surface area contributed by atoms with Crippen molar-refractivity contribution in [2.24, 2.45) is 16.8 Å². The molecule has 4 rings (SSSR count). The number of ether oxygens (including phenoxy) is 1. The highest BCUT2D eigenvalue weighted by atomic mass is 16.5. The van der Waals surface area contributed by atoms with E-state index in [0.717, 1.165) is 22.7 Å². The van der Waals surface area contributed by atoms with E-state index >= 15 is 0 Å². The quantitative estimate of drug-likeness (QED) is 0.564. The number of esters is 1. The van der Waals surface area contributed by atoms with Crippen molar-refractivity contribution in [3.05, 3.63) is 71.8 Å². The van der Waals surface area contributed by atoms with Crippen molar-refractivity contribution in [2.45, 2.75) is 39.7 Å². The van der Waals surface area contributed by atoms with Crippen molar-refractivity contribution < 1.29 is 14.3 Å². The van der Waals surface area contributed by atoms with Gasteiger partial charge in [-0.1, -0.05) is 68.0 Å². The van der Waals surface area contributed by atoms with Gasteiger partial charge in [0.25, 0.3) is 0 Å². The SMILES string of the molecule is COC(=O)C[C@H](C(=O)N1CN(c2ccccc2)C[C@H]1C1=NC(c2ccc(C)cc2)=CC1)C(C)C. The van der Waals surface area contributed by atoms with E-state index in [9.17, 15) is 9.59 Å². The molecule has 0 unspecified atom stereocenters. The standard InChI is InChI=1S/C28H33N3O3/c1-19(2)23(16-27(32)34-4)28(33)31-18-30(22-8-6-5-7-9-22)17-26(31)25-15-14-24(29-25)21-12-10-20(3)11-13-21/h5-14,19,23,26H,15-18H2,1-4H3/t23-,26-/m0/s1. The van der Waals surface area contributed by atoms with Gasteiger partial charge >= 0.3 is 5.97 Å². The lowest BCUT2D eigenvalue weighted by Crippen LogP contribution is -2.46. The summed E-state index contributed by atoms with van der Waals surface area (Å²) in [6, 6.07) is 18.3. The van der Waals surface area contributed by atoms with E-state index in [2.05, 4.69) is 54.3 Å². The van der Waals surface area contributed by atoms with Crippen molar-refractivity contribution in [3.8, 4) is 0 Å². The number of amides is 1. The molecule has 178 valence electrons. The van der Waals surface area contributed by atoms with E-state index < -0.39 is 5.92 Å². The fourth-order valence-corrected chi connectivity index (χ4v) is 4.63. The number of aliphatic imine (C=N–C) groups is 1. The minimum absolute atomic E-state index is 0.0182. The van der Waals surface area contributed by atoms with E-state index in [1.165, 1.54) is 12.7 Å². The topological polar surface area (TPSA) is 62.2 Å². The Morgan fingerprint density at radius 2 is 1.79 bits per heavy atom. The van der Waals surface area contributed by atoms with Crippen LogP contribution in [0.2, 0.25) is 0 Å². The van der Waals surface area contributed by atoms with Crippen LogP contribution in [0, 0.1) is 18.8 Å². The van der Waals surface area contributed by atoms with Gasteiger partial charge in [-0.05, 0) is 30.5 Å². The third-order valence-corrected chi connectivity index (χ3v) is 6.73. The number of benzene rings is 2. The fourth-order valence-electron chi connectivity index (χ4n) is 4.63. The molecule has 0 saturated carbocycles. The van der Waals surface area contributed by atoms with Gasteiger partial charge in [0.2, 0.25) is 5.91 Å². The van der Waals surface area contributed by atoms with Crippen LogP contribution >= 0.6 is 0 Å². The second kappa shape index (κ2) is 10.2. The Kier molecular flexibility index (Phi) is 7.15. The summed E-state index contributed by atoms with van der Waals surface area (Å²) >= 11 is 0. The summed E-state index contributed by atoms with van der Waals surface area (Å²) in [7, 11) is 1.37. The summed E-state index contributed by atoms with van der Waals surface area (Å²) in [5.41, 5.74) is 5.31. The highest BCUT2D eigenvalue weighted by molar-refractivity contribution is 6.02. The smallest absolute Gasteiger partial charge is 0.306 e. The first-order chi connectivity index (χ1) is 16.4. The number of para-hydroxylation sites is 1. The molecule has 6 heteroatoms. The van der Waals surface area contributed by atoms with Gasteiger partial charge in [-0.2, -0.15) is 0 Å². The largest absolute Gasteiger partial charge is 0.469 e. The van der Waals surface area contributed by atoms with Crippen LogP contribution in [0.4, 0.5) is 5.69 Å². The number of allylic oxidation sites excluding steroid dienone is 1. The Labute approximate surface area is 201 Å². The summed E-state index contributed by atoms with van der Waals surface area (Å²) in [5.74, 6) is -0.790. The first-order valence-corrected chi connectivity index (χ1v) is 11.9. The van der Waals surface area contributed by atoms with Gasteiger partial charge < -0.3 is 14.5 Å². The maximum Gasteiger partial charge on any atom is 0.306 e. The lowest BCUT2D eigenvalue weighted by Gasteiger charge is -2.29. The van der Waals surface area contributed by atoms with E-state index in [0.29, 0.717) is 19.6 Å². The number of hydrogen-bond donors (Lipinski definition) is 0. The molecule has 2 aromatic rings. The average molecular weight is 460 g/mol. The van der Waals surface area contributed by atoms with Crippen molar-refractivity contribution in [1.29, 1.82) is 0 Å². The van der Waals surface area contributed by atoms with Crippen LogP contribution in [0.1, 0.15) is 37.8 Å². The Bertz CT molecular complexity index is 1090. The summed E-state index contributed by atoms with van der Waals surface area (Å²) in [6.07, 6.45) is 2.94. The van der Waals surface area contributed by atoms with Crippen LogP contribution < -0.4 is 4.90 Å². The third kappa shape index (κ3) is 5.06. The molecule has 1 fully saturated rings. The molecule has 0 spiro atoms. The maximum absolute atomic E-state index is 13.8. The lowest BCUT2D eigenvalue weighted by molar-refractivity contribution is -0.148. The highest BCUT2D eigenvalue weighted by Gasteiger charge is 2.41. The van der Waals surface area contributed by atoms with Crippen LogP contribution in [-0.2, 0) is 14.3 Å². The van der Waals surface area contributed by atoms with Crippen molar-refractivity contribution >= 4 is 29.0 Å². The van der Waals surface area contributed by atoms with Gasteiger partial charge in [-0.3, -0.25) is 14.6 Å². The second-order valence-corrected chi connectivity index (χ2v) is 9.42. The van der Waals surface area contributed by atoms with E-state index in [-0.39, 0.29) is 30.3 Å². The fraction of sp³-hybridized carbons (Fsp3) is 0.393. The molecule has 0 aromatic heterocycles. The molecule has 34 heavy (non-hydrogen) atoms. The van der Waals surface area contributed by atoms with Crippen LogP contribution in [0.3, 0.4) is 0 Å². The predicted molar refractivity (Wildman–Crippen MR) is 135 cm³/mol. The normalized spacial score (nSPS) is 18.7. The molecule has 2 aliphatic rings. The molecule has 0 bridgehead atoms. The van der Waals surface area contributed by atoms with Gasteiger partial charge in [0.1, 0.15) is 0 Å². The summed E-state index contributed by atoms with van der Waals surface area (Å²) in [5, 5.41) is 0. The Morgan fingerprint density at radius 3 is 2.44 bits per heavy atom. The van der Waals surface area contributed by atoms with Gasteiger partial charge in [0.05, 0.1) is 37.9 Å². The summed E-state index contributed by atoms with van der Waals surface area (Å²) < 4.78 is 4.88. The third-order valence-electron chi connectivity index (χ3n) is 6.73. The van der Waals surface area contributed by atoms with Crippen LogP contribution in [-0.4, -0.2) is 48.9 Å². The van der Waals surface area contributed by atoms with Gasteiger partial charge in [0, 0.05) is 24.4 Å². The molecule has 0 radical (unpaired) electrons. The number of rotatable bonds is 7. The Balaban J connectivity index is 1.62. The Hall–Kier alpha value is -3.41. The zero-order valence-corrected chi connectivity index (χ0v) is 20.4. The predicted octanol–water partition coefficient (Wildman–Crippen LogP) is 4.69. The van der Waals surface area contributed by atoms with Crippen LogP contribution in [0.25, 0.3) is 5.70 Å². The number of anilines is 1. The molecular formula is C28H33N3O3. The lowest BCUT2D eigenvalue weighted by atomic mass is 9.90. The van der Waals surface area contributed by atoms with Crippen LogP contribution in [0.15, 0.2) is 65.7 Å². The molecule has 1 amide bonds.